The van der Waals surface area contributed by atoms with Gasteiger partial charge in [-0.3, -0.25) is 0 Å². The number of benzene rings is 2. The average molecular weight is 359 g/mol. The van der Waals surface area contributed by atoms with Crippen molar-refractivity contribution in [1.82, 2.24) is 20.2 Å². The van der Waals surface area contributed by atoms with Crippen LogP contribution in [0, 0.1) is 0 Å². The van der Waals surface area contributed by atoms with Gasteiger partial charge < -0.3 is 4.74 Å². The van der Waals surface area contributed by atoms with Gasteiger partial charge in [-0.2, -0.15) is 0 Å². The zero-order valence-electron chi connectivity index (χ0n) is 11.6. The Morgan fingerprint density at radius 2 is 1.95 bits per heavy atom. The van der Waals surface area contributed by atoms with Crippen LogP contribution in [0.15, 0.2) is 53.0 Å². The van der Waals surface area contributed by atoms with Crippen molar-refractivity contribution in [2.45, 2.75) is 0 Å². The van der Waals surface area contributed by atoms with Crippen molar-refractivity contribution in [3.05, 3.63) is 58.6 Å². The van der Waals surface area contributed by atoms with Crippen molar-refractivity contribution in [2.24, 2.45) is 7.05 Å². The van der Waals surface area contributed by atoms with Crippen molar-refractivity contribution < 1.29 is 9.53 Å². The van der Waals surface area contributed by atoms with E-state index in [0.29, 0.717) is 17.1 Å². The van der Waals surface area contributed by atoms with E-state index in [4.69, 9.17) is 4.74 Å². The highest BCUT2D eigenvalue weighted by molar-refractivity contribution is 9.10. The highest BCUT2D eigenvalue weighted by Crippen LogP contribution is 2.20. The van der Waals surface area contributed by atoms with Crippen LogP contribution in [-0.2, 0) is 7.05 Å². The SMILES string of the molecule is Cn1nnnc1-c1ccc(C(=O)Oc2cccc(Br)c2)cc1. The van der Waals surface area contributed by atoms with E-state index in [0.717, 1.165) is 10.0 Å². The summed E-state index contributed by atoms with van der Waals surface area (Å²) in [6.45, 7) is 0. The van der Waals surface area contributed by atoms with Gasteiger partial charge in [-0.1, -0.05) is 34.1 Å². The quantitative estimate of drug-likeness (QED) is 0.531. The third kappa shape index (κ3) is 3.04. The molecule has 0 aliphatic carbocycles. The summed E-state index contributed by atoms with van der Waals surface area (Å²) in [5.41, 5.74) is 1.28. The number of halogens is 1. The number of esters is 1. The highest BCUT2D eigenvalue weighted by Gasteiger charge is 2.11. The summed E-state index contributed by atoms with van der Waals surface area (Å²) >= 11 is 3.33. The molecule has 1 aromatic heterocycles. The van der Waals surface area contributed by atoms with Crippen molar-refractivity contribution in [1.29, 1.82) is 0 Å². The number of carbonyl (C=O) groups excluding carboxylic acids is 1. The van der Waals surface area contributed by atoms with Gasteiger partial charge in [-0.15, -0.1) is 5.10 Å². The molecule has 0 aliphatic heterocycles. The Hall–Kier alpha value is -2.54. The predicted molar refractivity (Wildman–Crippen MR) is 83.3 cm³/mol. The molecule has 7 heteroatoms. The average Bonchev–Trinajstić information content (AvgIpc) is 2.93. The monoisotopic (exact) mass is 358 g/mol. The number of carbonyl (C=O) groups is 1. The second kappa shape index (κ2) is 6.07. The van der Waals surface area contributed by atoms with Crippen LogP contribution in [0.1, 0.15) is 10.4 Å². The summed E-state index contributed by atoms with van der Waals surface area (Å²) < 4.78 is 7.74. The molecule has 0 spiro atoms. The molecule has 110 valence electrons. The number of aromatic nitrogens is 4. The molecule has 1 heterocycles. The Morgan fingerprint density at radius 3 is 2.59 bits per heavy atom. The van der Waals surface area contributed by atoms with Gasteiger partial charge in [0.2, 0.25) is 0 Å². The maximum atomic E-state index is 12.1. The molecule has 0 aliphatic rings. The molecule has 0 unspecified atom stereocenters. The summed E-state index contributed by atoms with van der Waals surface area (Å²) in [6, 6.07) is 14.1. The molecule has 2 aromatic carbocycles. The minimum atomic E-state index is -0.416. The van der Waals surface area contributed by atoms with Crippen LogP contribution in [0.2, 0.25) is 0 Å². The van der Waals surface area contributed by atoms with Crippen LogP contribution in [0.5, 0.6) is 5.75 Å². The third-order valence-electron chi connectivity index (χ3n) is 3.01. The topological polar surface area (TPSA) is 69.9 Å². The first-order valence-electron chi connectivity index (χ1n) is 6.44. The second-order valence-corrected chi connectivity index (χ2v) is 5.47. The van der Waals surface area contributed by atoms with E-state index < -0.39 is 5.97 Å². The zero-order valence-corrected chi connectivity index (χ0v) is 13.2. The van der Waals surface area contributed by atoms with Crippen LogP contribution in [-0.4, -0.2) is 26.2 Å². The van der Waals surface area contributed by atoms with Gasteiger partial charge in [0.25, 0.3) is 0 Å². The maximum Gasteiger partial charge on any atom is 0.343 e. The van der Waals surface area contributed by atoms with Gasteiger partial charge in [0.05, 0.1) is 5.56 Å². The standard InChI is InChI=1S/C15H11BrN4O2/c1-20-14(17-18-19-20)10-5-7-11(8-6-10)15(21)22-13-4-2-3-12(16)9-13/h2-9H,1H3. The lowest BCUT2D eigenvalue weighted by atomic mass is 10.1. The van der Waals surface area contributed by atoms with E-state index in [9.17, 15) is 4.79 Å². The minimum Gasteiger partial charge on any atom is -0.423 e. The number of tetrazole rings is 1. The van der Waals surface area contributed by atoms with Crippen LogP contribution >= 0.6 is 15.9 Å². The smallest absolute Gasteiger partial charge is 0.343 e. The molecular formula is C15H11BrN4O2. The van der Waals surface area contributed by atoms with Crippen molar-refractivity contribution in [3.8, 4) is 17.1 Å². The largest absolute Gasteiger partial charge is 0.423 e. The Kier molecular flexibility index (Phi) is 3.97. The lowest BCUT2D eigenvalue weighted by molar-refractivity contribution is 0.0734. The van der Waals surface area contributed by atoms with Gasteiger partial charge in [0.1, 0.15) is 5.75 Å². The first kappa shape index (κ1) is 14.4. The normalized spacial score (nSPS) is 10.5. The van der Waals surface area contributed by atoms with E-state index in [1.807, 2.05) is 6.07 Å². The molecule has 6 nitrogen and oxygen atoms in total. The molecule has 0 atom stereocenters. The first-order valence-corrected chi connectivity index (χ1v) is 7.23. The molecule has 0 bridgehead atoms. The predicted octanol–water partition coefficient (Wildman–Crippen LogP) is 2.86. The Morgan fingerprint density at radius 1 is 1.18 bits per heavy atom. The lowest BCUT2D eigenvalue weighted by Gasteiger charge is -2.05. The van der Waals surface area contributed by atoms with E-state index in [1.54, 1.807) is 54.2 Å². The fourth-order valence-corrected chi connectivity index (χ4v) is 2.30. The molecule has 22 heavy (non-hydrogen) atoms. The molecule has 0 saturated carbocycles. The molecule has 0 saturated heterocycles. The fourth-order valence-electron chi connectivity index (χ4n) is 1.93. The van der Waals surface area contributed by atoms with E-state index >= 15 is 0 Å². The summed E-state index contributed by atoms with van der Waals surface area (Å²) in [6.07, 6.45) is 0. The van der Waals surface area contributed by atoms with Crippen molar-refractivity contribution in [2.75, 3.05) is 0 Å². The Labute approximate surface area is 134 Å². The molecule has 0 radical (unpaired) electrons. The van der Waals surface area contributed by atoms with Gasteiger partial charge >= 0.3 is 5.97 Å². The summed E-state index contributed by atoms with van der Waals surface area (Å²) in [7, 11) is 1.75. The Bertz CT molecular complexity index is 814. The van der Waals surface area contributed by atoms with Gasteiger partial charge in [-0.25, -0.2) is 9.48 Å². The van der Waals surface area contributed by atoms with Crippen molar-refractivity contribution >= 4 is 21.9 Å². The second-order valence-electron chi connectivity index (χ2n) is 4.55. The van der Waals surface area contributed by atoms with Crippen LogP contribution < -0.4 is 4.74 Å². The molecule has 0 N–H and O–H groups in total. The van der Waals surface area contributed by atoms with E-state index in [1.165, 1.54) is 0 Å². The molecule has 3 rings (SSSR count). The third-order valence-corrected chi connectivity index (χ3v) is 3.50. The molecule has 0 amide bonds. The number of nitrogens with zero attached hydrogens (tertiary/aromatic N) is 4. The number of ether oxygens (including phenoxy) is 1. The zero-order chi connectivity index (χ0) is 15.5. The van der Waals surface area contributed by atoms with Gasteiger partial charge in [0.15, 0.2) is 5.82 Å². The maximum absolute atomic E-state index is 12.1. The minimum absolute atomic E-state index is 0.416. The summed E-state index contributed by atoms with van der Waals surface area (Å²) in [5.74, 6) is 0.702. The van der Waals surface area contributed by atoms with E-state index in [-0.39, 0.29) is 0 Å². The van der Waals surface area contributed by atoms with E-state index in [2.05, 4.69) is 31.5 Å². The highest BCUT2D eigenvalue weighted by atomic mass is 79.9. The number of rotatable bonds is 3. The van der Waals surface area contributed by atoms with Gasteiger partial charge in [0, 0.05) is 17.1 Å². The van der Waals surface area contributed by atoms with Gasteiger partial charge in [-0.05, 0) is 40.8 Å². The fraction of sp³-hybridized carbons (Fsp3) is 0.0667. The summed E-state index contributed by atoms with van der Waals surface area (Å²) in [5, 5.41) is 11.3. The number of aryl methyl sites for hydroxylation is 1. The first-order chi connectivity index (χ1) is 10.6. The lowest BCUT2D eigenvalue weighted by Crippen LogP contribution is -2.08. The van der Waals surface area contributed by atoms with Crippen LogP contribution in [0.3, 0.4) is 0 Å². The summed E-state index contributed by atoms with van der Waals surface area (Å²) in [4.78, 5) is 12.1. The molecule has 3 aromatic rings. The van der Waals surface area contributed by atoms with Crippen molar-refractivity contribution in [3.63, 3.8) is 0 Å². The molecular weight excluding hydrogens is 348 g/mol. The van der Waals surface area contributed by atoms with Crippen LogP contribution in [0.4, 0.5) is 0 Å². The molecule has 0 fully saturated rings. The van der Waals surface area contributed by atoms with Crippen LogP contribution in [0.25, 0.3) is 11.4 Å². The number of hydrogen-bond donors (Lipinski definition) is 0. The number of hydrogen-bond acceptors (Lipinski definition) is 5. The Balaban J connectivity index is 1.78.